The van der Waals surface area contributed by atoms with Crippen molar-refractivity contribution in [1.29, 1.82) is 0 Å². The summed E-state index contributed by atoms with van der Waals surface area (Å²) in [4.78, 5) is 18.2. The van der Waals surface area contributed by atoms with Crippen molar-refractivity contribution >= 4 is 35.3 Å². The number of aliphatic carboxylic acids is 2. The fourth-order valence-corrected chi connectivity index (χ4v) is 3.15. The van der Waals surface area contributed by atoms with Gasteiger partial charge in [0.2, 0.25) is 0 Å². The fourth-order valence-electron chi connectivity index (χ4n) is 2.29. The fraction of sp³-hybridized carbons (Fsp3) is 0.158. The van der Waals surface area contributed by atoms with Gasteiger partial charge in [-0.15, -0.1) is 10.2 Å². The monoisotopic (exact) mass is 434 g/mol. The van der Waals surface area contributed by atoms with Gasteiger partial charge >= 0.3 is 11.9 Å². The van der Waals surface area contributed by atoms with Crippen molar-refractivity contribution in [3.05, 3.63) is 71.0 Å². The lowest BCUT2D eigenvalue weighted by Gasteiger charge is -2.10. The lowest BCUT2D eigenvalue weighted by atomic mass is 10.1. The second-order valence-electron chi connectivity index (χ2n) is 5.62. The number of carbonyl (C=O) groups is 2. The van der Waals surface area contributed by atoms with E-state index in [0.29, 0.717) is 11.6 Å². The van der Waals surface area contributed by atoms with Crippen LogP contribution in [0.1, 0.15) is 11.4 Å². The smallest absolute Gasteiger partial charge is 0.414 e. The molecule has 0 fully saturated rings. The Kier molecular flexibility index (Phi) is 8.66. The van der Waals surface area contributed by atoms with Crippen molar-refractivity contribution in [3.8, 4) is 5.69 Å². The molecule has 3 aromatic rings. The second-order valence-corrected chi connectivity index (χ2v) is 7.12. The standard InChI is InChI=1S/C17H17ClN4S.C2H2O4/c18-14-6-8-15(9-7-14)22-16(12-13-4-2-1-3-5-13)20-21-17(22)23-11-10-19;3-1(4)2(5)6/h1-9H,10-12,19H2;(H,3,4)(H,5,6). The van der Waals surface area contributed by atoms with E-state index in [-0.39, 0.29) is 0 Å². The SMILES string of the molecule is NCCSc1nnc(Cc2ccccc2)n1-c1ccc(Cl)cc1.O=C(O)C(=O)O. The number of hydrogen-bond acceptors (Lipinski definition) is 6. The average Bonchev–Trinajstić information content (AvgIpc) is 3.10. The van der Waals surface area contributed by atoms with Crippen LogP contribution in [-0.2, 0) is 16.0 Å². The maximum atomic E-state index is 9.10. The first-order valence-corrected chi connectivity index (χ1v) is 9.82. The quantitative estimate of drug-likeness (QED) is 0.398. The molecular formula is C19H19ClN4O4S. The van der Waals surface area contributed by atoms with Crippen LogP contribution in [-0.4, -0.2) is 49.2 Å². The van der Waals surface area contributed by atoms with Gasteiger partial charge in [-0.1, -0.05) is 53.7 Å². The summed E-state index contributed by atoms with van der Waals surface area (Å²) in [5, 5.41) is 25.1. The Balaban J connectivity index is 0.000000438. The van der Waals surface area contributed by atoms with Gasteiger partial charge in [-0.05, 0) is 29.8 Å². The molecule has 0 saturated heterocycles. The number of carboxylic acid groups (broad SMARTS) is 2. The molecule has 1 aromatic heterocycles. The Morgan fingerprint density at radius 3 is 2.17 bits per heavy atom. The van der Waals surface area contributed by atoms with E-state index in [2.05, 4.69) is 26.9 Å². The van der Waals surface area contributed by atoms with E-state index in [4.69, 9.17) is 37.1 Å². The van der Waals surface area contributed by atoms with Crippen LogP contribution in [0.3, 0.4) is 0 Å². The van der Waals surface area contributed by atoms with Gasteiger partial charge in [0.25, 0.3) is 0 Å². The van der Waals surface area contributed by atoms with Crippen molar-refractivity contribution in [2.45, 2.75) is 11.6 Å². The van der Waals surface area contributed by atoms with Crippen LogP contribution in [0.2, 0.25) is 5.02 Å². The topological polar surface area (TPSA) is 131 Å². The van der Waals surface area contributed by atoms with E-state index in [1.54, 1.807) is 11.8 Å². The van der Waals surface area contributed by atoms with Crippen LogP contribution in [0.4, 0.5) is 0 Å². The van der Waals surface area contributed by atoms with Crippen LogP contribution >= 0.6 is 23.4 Å². The third kappa shape index (κ3) is 6.90. The van der Waals surface area contributed by atoms with Crippen LogP contribution in [0.15, 0.2) is 59.8 Å². The Hall–Kier alpha value is -2.88. The van der Waals surface area contributed by atoms with Gasteiger partial charge in [0.15, 0.2) is 5.16 Å². The normalized spacial score (nSPS) is 10.1. The number of thioether (sulfide) groups is 1. The van der Waals surface area contributed by atoms with Gasteiger partial charge in [0.05, 0.1) is 0 Å². The summed E-state index contributed by atoms with van der Waals surface area (Å²) in [5.74, 6) is -1.94. The molecule has 8 nitrogen and oxygen atoms in total. The van der Waals surface area contributed by atoms with Crippen LogP contribution in [0.5, 0.6) is 0 Å². The van der Waals surface area contributed by atoms with Crippen molar-refractivity contribution < 1.29 is 19.8 Å². The van der Waals surface area contributed by atoms with Gasteiger partial charge < -0.3 is 15.9 Å². The number of nitrogens with two attached hydrogens (primary N) is 1. The summed E-state index contributed by atoms with van der Waals surface area (Å²) < 4.78 is 2.07. The maximum absolute atomic E-state index is 9.10. The number of rotatable bonds is 6. The zero-order chi connectivity index (χ0) is 21.2. The molecule has 2 aromatic carbocycles. The minimum absolute atomic E-state index is 0.603. The summed E-state index contributed by atoms with van der Waals surface area (Å²) in [6, 6.07) is 18.0. The molecule has 0 bridgehead atoms. The van der Waals surface area contributed by atoms with Crippen molar-refractivity contribution in [2.75, 3.05) is 12.3 Å². The largest absolute Gasteiger partial charge is 0.473 e. The highest BCUT2D eigenvalue weighted by molar-refractivity contribution is 7.99. The number of benzene rings is 2. The van der Waals surface area contributed by atoms with Gasteiger partial charge in [-0.25, -0.2) is 9.59 Å². The molecule has 1 heterocycles. The van der Waals surface area contributed by atoms with Crippen LogP contribution in [0.25, 0.3) is 5.69 Å². The molecule has 0 aliphatic rings. The summed E-state index contributed by atoms with van der Waals surface area (Å²) in [7, 11) is 0. The first kappa shape index (κ1) is 22.4. The number of hydrogen-bond donors (Lipinski definition) is 3. The van der Waals surface area contributed by atoms with Gasteiger partial charge in [-0.3, -0.25) is 4.57 Å². The molecule has 0 aliphatic carbocycles. The van der Waals surface area contributed by atoms with E-state index >= 15 is 0 Å². The van der Waals surface area contributed by atoms with Crippen molar-refractivity contribution in [3.63, 3.8) is 0 Å². The Morgan fingerprint density at radius 2 is 1.62 bits per heavy atom. The van der Waals surface area contributed by atoms with Gasteiger partial charge in [-0.2, -0.15) is 0 Å². The third-order valence-corrected chi connectivity index (χ3v) is 4.74. The van der Waals surface area contributed by atoms with Crippen molar-refractivity contribution in [2.24, 2.45) is 5.73 Å². The molecule has 0 atom stereocenters. The lowest BCUT2D eigenvalue weighted by molar-refractivity contribution is -0.159. The molecule has 0 spiro atoms. The molecule has 0 unspecified atom stereocenters. The van der Waals surface area contributed by atoms with Gasteiger partial charge in [0, 0.05) is 29.4 Å². The number of halogens is 1. The summed E-state index contributed by atoms with van der Waals surface area (Å²) in [6.45, 7) is 0.603. The molecule has 0 saturated carbocycles. The summed E-state index contributed by atoms with van der Waals surface area (Å²) in [5.41, 5.74) is 7.82. The number of carboxylic acids is 2. The highest BCUT2D eigenvalue weighted by atomic mass is 35.5. The zero-order valence-electron chi connectivity index (χ0n) is 15.2. The number of nitrogens with zero attached hydrogens (tertiary/aromatic N) is 3. The highest BCUT2D eigenvalue weighted by Gasteiger charge is 2.14. The van der Waals surface area contributed by atoms with E-state index in [1.807, 2.05) is 42.5 Å². The molecule has 29 heavy (non-hydrogen) atoms. The lowest BCUT2D eigenvalue weighted by Crippen LogP contribution is -2.09. The van der Waals surface area contributed by atoms with E-state index in [9.17, 15) is 0 Å². The second kappa shape index (κ2) is 11.2. The minimum atomic E-state index is -1.82. The molecule has 10 heteroatoms. The third-order valence-electron chi connectivity index (χ3n) is 3.52. The maximum Gasteiger partial charge on any atom is 0.414 e. The van der Waals surface area contributed by atoms with E-state index < -0.39 is 11.9 Å². The predicted octanol–water partition coefficient (Wildman–Crippen LogP) is 2.72. The molecule has 0 amide bonds. The molecule has 152 valence electrons. The van der Waals surface area contributed by atoms with Crippen LogP contribution < -0.4 is 5.73 Å². The number of aromatic nitrogens is 3. The van der Waals surface area contributed by atoms with Gasteiger partial charge in [0.1, 0.15) is 5.82 Å². The Morgan fingerprint density at radius 1 is 1.00 bits per heavy atom. The Labute approximate surface area is 176 Å². The van der Waals surface area contributed by atoms with Crippen LogP contribution in [0, 0.1) is 0 Å². The summed E-state index contributed by atoms with van der Waals surface area (Å²) in [6.07, 6.45) is 0.722. The minimum Gasteiger partial charge on any atom is -0.473 e. The average molecular weight is 435 g/mol. The molecule has 3 rings (SSSR count). The van der Waals surface area contributed by atoms with E-state index in [1.165, 1.54) is 5.56 Å². The molecule has 0 radical (unpaired) electrons. The predicted molar refractivity (Wildman–Crippen MR) is 111 cm³/mol. The molecular weight excluding hydrogens is 416 g/mol. The Bertz CT molecular complexity index is 937. The zero-order valence-corrected chi connectivity index (χ0v) is 16.8. The summed E-state index contributed by atoms with van der Waals surface area (Å²) >= 11 is 7.61. The van der Waals surface area contributed by atoms with E-state index in [0.717, 1.165) is 28.8 Å². The molecule has 4 N–H and O–H groups in total. The first-order valence-electron chi connectivity index (χ1n) is 8.45. The van der Waals surface area contributed by atoms with Crippen molar-refractivity contribution in [1.82, 2.24) is 14.8 Å². The first-order chi connectivity index (χ1) is 13.9. The highest BCUT2D eigenvalue weighted by Crippen LogP contribution is 2.24. The molecule has 0 aliphatic heterocycles.